The van der Waals surface area contributed by atoms with E-state index in [4.69, 9.17) is 5.73 Å². The number of carbonyl (C=O) groups is 2. The summed E-state index contributed by atoms with van der Waals surface area (Å²) in [5.41, 5.74) is 6.54. The zero-order valence-electron chi connectivity index (χ0n) is 11.5. The summed E-state index contributed by atoms with van der Waals surface area (Å²) in [6, 6.07) is 4.35. The van der Waals surface area contributed by atoms with Gasteiger partial charge in [-0.2, -0.15) is 0 Å². The molecule has 0 saturated heterocycles. The molecule has 0 saturated carbocycles. The van der Waals surface area contributed by atoms with E-state index in [1.165, 1.54) is 6.07 Å². The minimum Gasteiger partial charge on any atom is -0.478 e. The van der Waals surface area contributed by atoms with Gasteiger partial charge in [-0.3, -0.25) is 4.79 Å². The fourth-order valence-corrected chi connectivity index (χ4v) is 2.30. The van der Waals surface area contributed by atoms with Crippen molar-refractivity contribution in [2.45, 2.75) is 32.7 Å². The smallest absolute Gasteiger partial charge is 0.337 e. The molecule has 2 aromatic rings. The summed E-state index contributed by atoms with van der Waals surface area (Å²) in [7, 11) is 0. The third-order valence-electron chi connectivity index (χ3n) is 3.30. The van der Waals surface area contributed by atoms with Gasteiger partial charge >= 0.3 is 5.97 Å². The van der Waals surface area contributed by atoms with Crippen LogP contribution in [-0.2, 0) is 11.2 Å². The summed E-state index contributed by atoms with van der Waals surface area (Å²) in [6.07, 6.45) is 1.50. The second kappa shape index (κ2) is 5.32. The predicted molar refractivity (Wildman–Crippen MR) is 74.6 cm³/mol. The van der Waals surface area contributed by atoms with Gasteiger partial charge < -0.3 is 15.4 Å². The van der Waals surface area contributed by atoms with Gasteiger partial charge in [-0.25, -0.2) is 9.78 Å². The molecule has 0 aliphatic heterocycles. The Morgan fingerprint density at radius 3 is 2.70 bits per heavy atom. The molecular weight excluding hydrogens is 258 g/mol. The Hall–Kier alpha value is -2.37. The van der Waals surface area contributed by atoms with Crippen LogP contribution in [0.5, 0.6) is 0 Å². The predicted octanol–water partition coefficient (Wildman–Crippen LogP) is 1.73. The number of hydrogen-bond donors (Lipinski definition) is 2. The second-order valence-corrected chi connectivity index (χ2v) is 4.70. The zero-order chi connectivity index (χ0) is 14.9. The normalized spacial score (nSPS) is 12.5. The van der Waals surface area contributed by atoms with Crippen LogP contribution in [0, 0.1) is 0 Å². The van der Waals surface area contributed by atoms with Gasteiger partial charge in [0.15, 0.2) is 0 Å². The summed E-state index contributed by atoms with van der Waals surface area (Å²) in [6.45, 7) is 3.69. The van der Waals surface area contributed by atoms with Crippen LogP contribution in [-0.4, -0.2) is 26.5 Å². The molecule has 0 aliphatic carbocycles. The van der Waals surface area contributed by atoms with Gasteiger partial charge in [-0.1, -0.05) is 13.0 Å². The highest BCUT2D eigenvalue weighted by atomic mass is 16.4. The van der Waals surface area contributed by atoms with Gasteiger partial charge in [-0.15, -0.1) is 0 Å². The van der Waals surface area contributed by atoms with Crippen LogP contribution in [0.4, 0.5) is 0 Å². The molecule has 106 valence electrons. The lowest BCUT2D eigenvalue weighted by Crippen LogP contribution is -2.25. The molecule has 0 bridgehead atoms. The van der Waals surface area contributed by atoms with Gasteiger partial charge in [0.1, 0.15) is 17.4 Å². The number of primary amides is 1. The Kier molecular flexibility index (Phi) is 3.74. The van der Waals surface area contributed by atoms with Crippen LogP contribution in [0.2, 0.25) is 0 Å². The van der Waals surface area contributed by atoms with Gasteiger partial charge in [0.05, 0.1) is 11.1 Å². The molecule has 6 heteroatoms. The maximum atomic E-state index is 11.5. The van der Waals surface area contributed by atoms with E-state index in [1.54, 1.807) is 23.6 Å². The minimum absolute atomic E-state index is 0.135. The Balaban J connectivity index is 2.76. The summed E-state index contributed by atoms with van der Waals surface area (Å²) >= 11 is 0. The number of para-hydroxylation sites is 1. The molecule has 1 atom stereocenters. The molecule has 0 fully saturated rings. The van der Waals surface area contributed by atoms with Crippen molar-refractivity contribution in [1.82, 2.24) is 9.55 Å². The summed E-state index contributed by atoms with van der Waals surface area (Å²) in [5, 5.41) is 9.22. The first-order valence-electron chi connectivity index (χ1n) is 6.49. The molecule has 1 amide bonds. The number of nitrogens with two attached hydrogens (primary N) is 1. The Morgan fingerprint density at radius 1 is 1.45 bits per heavy atom. The third kappa shape index (κ3) is 2.24. The topological polar surface area (TPSA) is 98.2 Å². The van der Waals surface area contributed by atoms with E-state index in [9.17, 15) is 14.7 Å². The number of aromatic carboxylic acids is 1. The number of carbonyl (C=O) groups excluding carboxylic acids is 1. The number of amides is 1. The molecule has 6 nitrogen and oxygen atoms in total. The first kappa shape index (κ1) is 14.0. The Morgan fingerprint density at radius 2 is 2.15 bits per heavy atom. The van der Waals surface area contributed by atoms with Crippen LogP contribution < -0.4 is 5.73 Å². The van der Waals surface area contributed by atoms with E-state index in [0.29, 0.717) is 23.3 Å². The van der Waals surface area contributed by atoms with E-state index >= 15 is 0 Å². The highest BCUT2D eigenvalue weighted by Gasteiger charge is 2.21. The molecule has 0 radical (unpaired) electrons. The van der Waals surface area contributed by atoms with Gasteiger partial charge in [0.25, 0.3) is 0 Å². The highest BCUT2D eigenvalue weighted by Crippen LogP contribution is 2.25. The zero-order valence-corrected chi connectivity index (χ0v) is 11.5. The molecule has 2 rings (SSSR count). The lowest BCUT2D eigenvalue weighted by molar-refractivity contribution is -0.120. The standard InChI is InChI=1S/C14H17N3O3/c1-3-5-11-16-12-9(14(19)20)6-4-7-10(12)17(11)8(2)13(15)18/h4,6-8H,3,5H2,1-2H3,(H2,15,18)(H,19,20). The van der Waals surface area contributed by atoms with Crippen molar-refractivity contribution in [3.63, 3.8) is 0 Å². The fourth-order valence-electron chi connectivity index (χ4n) is 2.30. The number of aromatic nitrogens is 2. The average molecular weight is 275 g/mol. The monoisotopic (exact) mass is 275 g/mol. The van der Waals surface area contributed by atoms with Crippen molar-refractivity contribution in [2.24, 2.45) is 5.73 Å². The maximum Gasteiger partial charge on any atom is 0.337 e. The number of fused-ring (bicyclic) bond motifs is 1. The third-order valence-corrected chi connectivity index (χ3v) is 3.30. The van der Waals surface area contributed by atoms with Crippen molar-refractivity contribution in [1.29, 1.82) is 0 Å². The molecule has 3 N–H and O–H groups in total. The van der Waals surface area contributed by atoms with Gasteiger partial charge in [0, 0.05) is 6.42 Å². The number of hydrogen-bond acceptors (Lipinski definition) is 3. The largest absolute Gasteiger partial charge is 0.478 e. The van der Waals surface area contributed by atoms with Crippen LogP contribution >= 0.6 is 0 Å². The van der Waals surface area contributed by atoms with Crippen molar-refractivity contribution in [3.05, 3.63) is 29.6 Å². The number of carboxylic acids is 1. The molecule has 1 aromatic heterocycles. The number of imidazole rings is 1. The minimum atomic E-state index is -1.03. The van der Waals surface area contributed by atoms with Crippen LogP contribution in [0.1, 0.15) is 42.5 Å². The average Bonchev–Trinajstić information content (AvgIpc) is 2.75. The number of aryl methyl sites for hydroxylation is 1. The maximum absolute atomic E-state index is 11.5. The number of benzene rings is 1. The molecule has 0 aliphatic rings. The lowest BCUT2D eigenvalue weighted by Gasteiger charge is -2.14. The SMILES string of the molecule is CCCc1nc2c(C(=O)O)cccc2n1C(C)C(N)=O. The van der Waals surface area contributed by atoms with Gasteiger partial charge in [0.2, 0.25) is 5.91 Å². The lowest BCUT2D eigenvalue weighted by atomic mass is 10.2. The molecule has 20 heavy (non-hydrogen) atoms. The van der Waals surface area contributed by atoms with Crippen LogP contribution in [0.15, 0.2) is 18.2 Å². The summed E-state index contributed by atoms with van der Waals surface area (Å²) in [5.74, 6) is -0.820. The number of nitrogens with zero attached hydrogens (tertiary/aromatic N) is 2. The summed E-state index contributed by atoms with van der Waals surface area (Å²) in [4.78, 5) is 27.1. The Bertz CT molecular complexity index is 676. The molecule has 0 spiro atoms. The second-order valence-electron chi connectivity index (χ2n) is 4.70. The number of rotatable bonds is 5. The van der Waals surface area contributed by atoms with Gasteiger partial charge in [-0.05, 0) is 25.5 Å². The van der Waals surface area contributed by atoms with E-state index < -0.39 is 17.9 Å². The first-order chi connectivity index (χ1) is 9.47. The molecular formula is C14H17N3O3. The summed E-state index contributed by atoms with van der Waals surface area (Å²) < 4.78 is 1.73. The van der Waals surface area contributed by atoms with Crippen molar-refractivity contribution < 1.29 is 14.7 Å². The van der Waals surface area contributed by atoms with E-state index in [-0.39, 0.29) is 5.56 Å². The highest BCUT2D eigenvalue weighted by molar-refractivity contribution is 6.01. The van der Waals surface area contributed by atoms with Crippen LogP contribution in [0.25, 0.3) is 11.0 Å². The fraction of sp³-hybridized carbons (Fsp3) is 0.357. The molecule has 1 unspecified atom stereocenters. The van der Waals surface area contributed by atoms with E-state index in [2.05, 4.69) is 4.98 Å². The quantitative estimate of drug-likeness (QED) is 0.868. The van der Waals surface area contributed by atoms with Crippen molar-refractivity contribution >= 4 is 22.9 Å². The Labute approximate surface area is 116 Å². The first-order valence-corrected chi connectivity index (χ1v) is 6.49. The molecule has 1 heterocycles. The molecule has 1 aromatic carbocycles. The van der Waals surface area contributed by atoms with Crippen molar-refractivity contribution in [2.75, 3.05) is 0 Å². The van der Waals surface area contributed by atoms with E-state index in [1.807, 2.05) is 6.92 Å². The van der Waals surface area contributed by atoms with Crippen LogP contribution in [0.3, 0.4) is 0 Å². The number of carboxylic acid groups (broad SMARTS) is 1. The van der Waals surface area contributed by atoms with E-state index in [0.717, 1.165) is 6.42 Å². The van der Waals surface area contributed by atoms with Crippen molar-refractivity contribution in [3.8, 4) is 0 Å².